The fourth-order valence-corrected chi connectivity index (χ4v) is 4.77. The number of hydrogen-bond acceptors (Lipinski definition) is 5. The van der Waals surface area contributed by atoms with E-state index in [4.69, 9.17) is 26.7 Å². The van der Waals surface area contributed by atoms with Crippen LogP contribution in [0.2, 0.25) is 5.02 Å². The van der Waals surface area contributed by atoms with Gasteiger partial charge < -0.3 is 9.80 Å². The number of nitrogens with zero attached hydrogens (tertiary/aromatic N) is 6. The first kappa shape index (κ1) is 24.2. The molecule has 1 fully saturated rings. The molecule has 0 N–H and O–H groups in total. The first-order chi connectivity index (χ1) is 17.4. The van der Waals surface area contributed by atoms with Crippen molar-refractivity contribution in [3.8, 4) is 5.69 Å². The van der Waals surface area contributed by atoms with Gasteiger partial charge in [0, 0.05) is 43.2 Å². The molecule has 2 aromatic heterocycles. The topological polar surface area (TPSA) is 67.2 Å². The van der Waals surface area contributed by atoms with Crippen LogP contribution in [0.3, 0.4) is 0 Å². The zero-order valence-electron chi connectivity index (χ0n) is 20.4. The fourth-order valence-electron chi connectivity index (χ4n) is 4.64. The molecule has 4 aromatic rings. The minimum absolute atomic E-state index is 0.00772. The number of amides is 1. The molecule has 0 spiro atoms. The smallest absolute Gasteiger partial charge is 0.253 e. The van der Waals surface area contributed by atoms with Crippen LogP contribution in [-0.4, -0.2) is 56.7 Å². The molecule has 0 bridgehead atoms. The molecule has 0 atom stereocenters. The van der Waals surface area contributed by atoms with Gasteiger partial charge in [0.05, 0.1) is 16.8 Å². The molecule has 5 rings (SSSR count). The van der Waals surface area contributed by atoms with Gasteiger partial charge in [0.25, 0.3) is 5.91 Å². The van der Waals surface area contributed by atoms with Gasteiger partial charge in [0.15, 0.2) is 5.65 Å². The van der Waals surface area contributed by atoms with Gasteiger partial charge >= 0.3 is 0 Å². The maximum absolute atomic E-state index is 13.6. The molecule has 186 valence electrons. The highest BCUT2D eigenvalue weighted by molar-refractivity contribution is 6.30. The molecule has 9 heteroatoms. The minimum atomic E-state index is -0.295. The van der Waals surface area contributed by atoms with Crippen LogP contribution in [-0.2, 0) is 6.42 Å². The summed E-state index contributed by atoms with van der Waals surface area (Å²) in [6.45, 7) is 6.72. The molecule has 0 saturated carbocycles. The van der Waals surface area contributed by atoms with Crippen molar-refractivity contribution in [2.24, 2.45) is 0 Å². The van der Waals surface area contributed by atoms with Crippen molar-refractivity contribution in [2.75, 3.05) is 31.1 Å². The predicted molar refractivity (Wildman–Crippen MR) is 140 cm³/mol. The van der Waals surface area contributed by atoms with Crippen LogP contribution in [0.25, 0.3) is 16.7 Å². The average molecular weight is 507 g/mol. The SMILES string of the molecule is CCCc1nc(N2CCCN(C(=O)c3ccc(Cl)cc3)CC2)c2c(C)nn(-c3ccc(F)cc3)c2n1. The lowest BCUT2D eigenvalue weighted by atomic mass is 10.2. The molecule has 36 heavy (non-hydrogen) atoms. The Hall–Kier alpha value is -3.52. The van der Waals surface area contributed by atoms with Gasteiger partial charge in [-0.1, -0.05) is 18.5 Å². The molecule has 0 aliphatic carbocycles. The van der Waals surface area contributed by atoms with Crippen molar-refractivity contribution in [1.82, 2.24) is 24.6 Å². The number of rotatable bonds is 5. The highest BCUT2D eigenvalue weighted by atomic mass is 35.5. The molecule has 1 amide bonds. The van der Waals surface area contributed by atoms with Crippen LogP contribution in [0.5, 0.6) is 0 Å². The van der Waals surface area contributed by atoms with Crippen molar-refractivity contribution < 1.29 is 9.18 Å². The summed E-state index contributed by atoms with van der Waals surface area (Å²) in [5.41, 5.74) is 2.91. The lowest BCUT2D eigenvalue weighted by Gasteiger charge is -2.24. The van der Waals surface area contributed by atoms with Gasteiger partial charge in [-0.05, 0) is 68.3 Å². The lowest BCUT2D eigenvalue weighted by molar-refractivity contribution is 0.0767. The minimum Gasteiger partial charge on any atom is -0.354 e. The van der Waals surface area contributed by atoms with Crippen molar-refractivity contribution in [1.29, 1.82) is 0 Å². The normalized spacial score (nSPS) is 14.3. The number of anilines is 1. The second-order valence-electron chi connectivity index (χ2n) is 9.03. The molecular weight excluding hydrogens is 479 g/mol. The van der Waals surface area contributed by atoms with E-state index in [1.165, 1.54) is 12.1 Å². The van der Waals surface area contributed by atoms with E-state index in [0.29, 0.717) is 35.9 Å². The van der Waals surface area contributed by atoms with Crippen molar-refractivity contribution in [3.05, 3.63) is 76.5 Å². The van der Waals surface area contributed by atoms with Gasteiger partial charge in [-0.25, -0.2) is 19.0 Å². The highest BCUT2D eigenvalue weighted by Crippen LogP contribution is 2.30. The van der Waals surface area contributed by atoms with Crippen LogP contribution >= 0.6 is 11.6 Å². The van der Waals surface area contributed by atoms with E-state index in [1.54, 1.807) is 41.1 Å². The summed E-state index contributed by atoms with van der Waals surface area (Å²) < 4.78 is 15.3. The van der Waals surface area contributed by atoms with Gasteiger partial charge in [0.2, 0.25) is 0 Å². The lowest BCUT2D eigenvalue weighted by Crippen LogP contribution is -2.35. The maximum atomic E-state index is 13.6. The van der Waals surface area contributed by atoms with E-state index in [9.17, 15) is 9.18 Å². The third kappa shape index (κ3) is 4.78. The molecule has 0 unspecified atom stereocenters. The van der Waals surface area contributed by atoms with E-state index in [2.05, 4.69) is 11.8 Å². The Morgan fingerprint density at radius 2 is 1.75 bits per heavy atom. The largest absolute Gasteiger partial charge is 0.354 e. The zero-order chi connectivity index (χ0) is 25.2. The Labute approximate surface area is 214 Å². The molecule has 1 aliphatic heterocycles. The van der Waals surface area contributed by atoms with Crippen LogP contribution in [0.4, 0.5) is 10.2 Å². The first-order valence-electron chi connectivity index (χ1n) is 12.3. The maximum Gasteiger partial charge on any atom is 0.253 e. The summed E-state index contributed by atoms with van der Waals surface area (Å²) in [7, 11) is 0. The molecule has 1 saturated heterocycles. The number of aromatic nitrogens is 4. The number of carbonyl (C=O) groups is 1. The summed E-state index contributed by atoms with van der Waals surface area (Å²) in [4.78, 5) is 27.0. The molecule has 3 heterocycles. The van der Waals surface area contributed by atoms with E-state index < -0.39 is 0 Å². The number of benzene rings is 2. The van der Waals surface area contributed by atoms with E-state index >= 15 is 0 Å². The molecule has 0 radical (unpaired) electrons. The first-order valence-corrected chi connectivity index (χ1v) is 12.6. The van der Waals surface area contributed by atoms with Crippen molar-refractivity contribution in [2.45, 2.75) is 33.1 Å². The van der Waals surface area contributed by atoms with E-state index in [1.807, 2.05) is 11.8 Å². The highest BCUT2D eigenvalue weighted by Gasteiger charge is 2.25. The number of fused-ring (bicyclic) bond motifs is 1. The van der Waals surface area contributed by atoms with Gasteiger partial charge in [-0.2, -0.15) is 5.10 Å². The molecular formula is C27H28ClFN6O. The Bertz CT molecular complexity index is 1390. The van der Waals surface area contributed by atoms with Crippen LogP contribution in [0.1, 0.15) is 41.6 Å². The van der Waals surface area contributed by atoms with Crippen LogP contribution in [0.15, 0.2) is 48.5 Å². The van der Waals surface area contributed by atoms with Gasteiger partial charge in [0.1, 0.15) is 17.5 Å². The second-order valence-corrected chi connectivity index (χ2v) is 9.46. The Morgan fingerprint density at radius 1 is 1.00 bits per heavy atom. The summed E-state index contributed by atoms with van der Waals surface area (Å²) in [5, 5.41) is 6.25. The third-order valence-electron chi connectivity index (χ3n) is 6.45. The van der Waals surface area contributed by atoms with Crippen LogP contribution in [0, 0.1) is 12.7 Å². The quantitative estimate of drug-likeness (QED) is 0.371. The van der Waals surface area contributed by atoms with Crippen LogP contribution < -0.4 is 4.90 Å². The standard InChI is InChI=1S/C27H28ClFN6O/c1-3-5-23-30-25(24-18(2)32-35(26(24)31-23)22-12-10-21(29)11-13-22)33-14-4-15-34(17-16-33)27(36)19-6-8-20(28)9-7-19/h6-13H,3-5,14-17H2,1-2H3. The number of carbonyl (C=O) groups excluding carboxylic acids is 1. The van der Waals surface area contributed by atoms with Gasteiger partial charge in [-0.3, -0.25) is 4.79 Å². The summed E-state index contributed by atoms with van der Waals surface area (Å²) >= 11 is 5.99. The predicted octanol–water partition coefficient (Wildman–Crippen LogP) is 5.22. The van der Waals surface area contributed by atoms with E-state index in [0.717, 1.165) is 54.2 Å². The number of hydrogen-bond donors (Lipinski definition) is 0. The van der Waals surface area contributed by atoms with E-state index in [-0.39, 0.29) is 11.7 Å². The molecule has 2 aromatic carbocycles. The summed E-state index contributed by atoms with van der Waals surface area (Å²) in [6, 6.07) is 13.3. The fraction of sp³-hybridized carbons (Fsp3) is 0.333. The van der Waals surface area contributed by atoms with Crippen molar-refractivity contribution in [3.63, 3.8) is 0 Å². The molecule has 1 aliphatic rings. The Kier molecular flexibility index (Phi) is 6.87. The average Bonchev–Trinajstić information content (AvgIpc) is 3.04. The third-order valence-corrected chi connectivity index (χ3v) is 6.70. The summed E-state index contributed by atoms with van der Waals surface area (Å²) in [6.07, 6.45) is 2.47. The second kappa shape index (κ2) is 10.2. The van der Waals surface area contributed by atoms with Gasteiger partial charge in [-0.15, -0.1) is 0 Å². The van der Waals surface area contributed by atoms with Crippen molar-refractivity contribution >= 4 is 34.4 Å². The Morgan fingerprint density at radius 3 is 2.47 bits per heavy atom. The number of aryl methyl sites for hydroxylation is 2. The summed E-state index contributed by atoms with van der Waals surface area (Å²) in [5.74, 6) is 1.31. The monoisotopic (exact) mass is 506 g/mol. The number of halogens is 2. The Balaban J connectivity index is 1.49. The zero-order valence-corrected chi connectivity index (χ0v) is 21.2. The molecule has 7 nitrogen and oxygen atoms in total.